The summed E-state index contributed by atoms with van der Waals surface area (Å²) in [5.74, 6) is -2.93. The smallest absolute Gasteiger partial charge is 0.415 e. The zero-order valence-corrected chi connectivity index (χ0v) is 19.6. The Morgan fingerprint density at radius 3 is 2.29 bits per heavy atom. The van der Waals surface area contributed by atoms with Crippen molar-refractivity contribution in [3.8, 4) is 0 Å². The molecule has 1 unspecified atom stereocenters. The Labute approximate surface area is 198 Å². The molecule has 1 saturated carbocycles. The van der Waals surface area contributed by atoms with E-state index in [1.165, 1.54) is 4.90 Å². The number of hydrogen-bond acceptors (Lipinski definition) is 4. The van der Waals surface area contributed by atoms with E-state index in [0.29, 0.717) is 18.2 Å². The van der Waals surface area contributed by atoms with Crippen molar-refractivity contribution in [1.82, 2.24) is 9.80 Å². The van der Waals surface area contributed by atoms with Gasteiger partial charge in [-0.3, -0.25) is 14.5 Å². The number of benzene rings is 1. The van der Waals surface area contributed by atoms with E-state index in [1.54, 1.807) is 19.9 Å². The van der Waals surface area contributed by atoms with Crippen LogP contribution in [0.3, 0.4) is 0 Å². The lowest BCUT2D eigenvalue weighted by molar-refractivity contribution is -0.154. The fraction of sp³-hybridized carbons (Fsp3) is 0.560. The van der Waals surface area contributed by atoms with Crippen molar-refractivity contribution < 1.29 is 33.0 Å². The molecule has 1 aromatic rings. The summed E-state index contributed by atoms with van der Waals surface area (Å²) in [7, 11) is 0. The minimum absolute atomic E-state index is 0.0839. The Morgan fingerprint density at radius 1 is 1.12 bits per heavy atom. The third-order valence-electron chi connectivity index (χ3n) is 6.69. The first-order chi connectivity index (χ1) is 16.2. The molecule has 2 fully saturated rings. The van der Waals surface area contributed by atoms with Crippen LogP contribution in [0.5, 0.6) is 0 Å². The van der Waals surface area contributed by atoms with Gasteiger partial charge in [0.1, 0.15) is 30.0 Å². The molecule has 7 nitrogen and oxygen atoms in total. The molecule has 3 rings (SSSR count). The molecule has 1 aliphatic carbocycles. The van der Waals surface area contributed by atoms with E-state index in [2.05, 4.69) is 0 Å². The third kappa shape index (κ3) is 6.33. The quantitative estimate of drug-likeness (QED) is 0.458. The highest BCUT2D eigenvalue weighted by atomic mass is 19.1. The van der Waals surface area contributed by atoms with Gasteiger partial charge in [0, 0.05) is 12.6 Å². The van der Waals surface area contributed by atoms with E-state index in [9.17, 15) is 28.3 Å². The molecular formula is C25H32F2N2O5. The van der Waals surface area contributed by atoms with E-state index in [-0.39, 0.29) is 18.0 Å². The van der Waals surface area contributed by atoms with E-state index in [4.69, 9.17) is 4.74 Å². The van der Waals surface area contributed by atoms with Crippen molar-refractivity contribution in [3.05, 3.63) is 47.2 Å². The Balaban J connectivity index is 1.99. The van der Waals surface area contributed by atoms with Crippen molar-refractivity contribution in [3.63, 3.8) is 0 Å². The summed E-state index contributed by atoms with van der Waals surface area (Å²) in [6.45, 7) is 2.55. The van der Waals surface area contributed by atoms with Gasteiger partial charge in [0.05, 0.1) is 6.04 Å². The maximum absolute atomic E-state index is 14.0. The molecule has 1 heterocycles. The van der Waals surface area contributed by atoms with Crippen molar-refractivity contribution in [2.24, 2.45) is 5.92 Å². The average molecular weight is 479 g/mol. The van der Waals surface area contributed by atoms with Crippen molar-refractivity contribution in [2.45, 2.75) is 70.9 Å². The summed E-state index contributed by atoms with van der Waals surface area (Å²) in [5.41, 5.74) is 0.0839. The summed E-state index contributed by atoms with van der Waals surface area (Å²) in [6.07, 6.45) is 7.45. The van der Waals surface area contributed by atoms with Gasteiger partial charge in [-0.1, -0.05) is 38.5 Å². The number of aliphatic carboxylic acids is 1. The predicted octanol–water partition coefficient (Wildman–Crippen LogP) is 5.02. The lowest BCUT2D eigenvalue weighted by Gasteiger charge is -2.45. The number of halogens is 2. The van der Waals surface area contributed by atoms with Crippen LogP contribution in [0.25, 0.3) is 0 Å². The van der Waals surface area contributed by atoms with E-state index in [0.717, 1.165) is 55.6 Å². The summed E-state index contributed by atoms with van der Waals surface area (Å²) < 4.78 is 33.4. The number of nitrogens with zero attached hydrogens (tertiary/aromatic N) is 2. The van der Waals surface area contributed by atoms with E-state index < -0.39 is 48.2 Å². The van der Waals surface area contributed by atoms with Gasteiger partial charge in [-0.2, -0.15) is 0 Å². The molecule has 1 N–H and O–H groups in total. The highest BCUT2D eigenvalue weighted by Crippen LogP contribution is 2.35. The van der Waals surface area contributed by atoms with Gasteiger partial charge >= 0.3 is 12.1 Å². The van der Waals surface area contributed by atoms with Crippen LogP contribution in [0.2, 0.25) is 0 Å². The minimum Gasteiger partial charge on any atom is -0.480 e. The molecule has 2 amide bonds. The first-order valence-electron chi connectivity index (χ1n) is 11.8. The largest absolute Gasteiger partial charge is 0.480 e. The van der Waals surface area contributed by atoms with Crippen molar-refractivity contribution >= 4 is 18.0 Å². The minimum atomic E-state index is -1.25. The molecule has 1 aromatic carbocycles. The van der Waals surface area contributed by atoms with Gasteiger partial charge in [0.2, 0.25) is 5.91 Å². The van der Waals surface area contributed by atoms with Crippen LogP contribution in [0.15, 0.2) is 30.0 Å². The SMILES string of the molecule is C/C=C(\C)OC(=O)N1CC(c2cc(F)cc(F)c2)N(CC(=O)O)C(=O)[C@H]1CC1CCCCCC1. The lowest BCUT2D eigenvalue weighted by Crippen LogP contribution is -2.61. The van der Waals surface area contributed by atoms with Crippen LogP contribution < -0.4 is 0 Å². The van der Waals surface area contributed by atoms with Gasteiger partial charge in [-0.15, -0.1) is 0 Å². The molecule has 0 radical (unpaired) electrons. The highest BCUT2D eigenvalue weighted by molar-refractivity contribution is 5.90. The zero-order chi connectivity index (χ0) is 24.8. The number of rotatable bonds is 6. The molecule has 0 bridgehead atoms. The lowest BCUT2D eigenvalue weighted by atomic mass is 9.88. The number of carboxylic acid groups (broad SMARTS) is 1. The number of allylic oxidation sites excluding steroid dienone is 2. The topological polar surface area (TPSA) is 87.2 Å². The average Bonchev–Trinajstić information content (AvgIpc) is 3.04. The van der Waals surface area contributed by atoms with E-state index >= 15 is 0 Å². The summed E-state index contributed by atoms with van der Waals surface area (Å²) in [4.78, 5) is 40.8. The number of carboxylic acids is 1. The van der Waals surface area contributed by atoms with Crippen molar-refractivity contribution in [1.29, 1.82) is 0 Å². The third-order valence-corrected chi connectivity index (χ3v) is 6.69. The molecule has 1 aliphatic heterocycles. The maximum Gasteiger partial charge on any atom is 0.415 e. The number of carbonyl (C=O) groups excluding carboxylic acids is 2. The second-order valence-electron chi connectivity index (χ2n) is 9.11. The normalized spacial score (nSPS) is 22.5. The van der Waals surface area contributed by atoms with Crippen LogP contribution in [0, 0.1) is 17.6 Å². The standard InChI is InChI=1S/C25H32F2N2O5/c1-3-16(2)34-25(33)29-14-22(18-11-19(26)13-20(27)12-18)28(15-23(30)31)24(32)21(29)10-17-8-6-4-5-7-9-17/h3,11-13,17,21-22H,4-10,14-15H2,1-2H3,(H,30,31)/b16-3+/t21-,22?/m1/s1. The van der Waals surface area contributed by atoms with Gasteiger partial charge in [0.15, 0.2) is 0 Å². The summed E-state index contributed by atoms with van der Waals surface area (Å²) >= 11 is 0. The van der Waals surface area contributed by atoms with Crippen LogP contribution >= 0.6 is 0 Å². The molecule has 1 saturated heterocycles. The molecule has 186 valence electrons. The van der Waals surface area contributed by atoms with E-state index in [1.807, 2.05) is 0 Å². The Bertz CT molecular complexity index is 923. The molecule has 2 aliphatic rings. The maximum atomic E-state index is 14.0. The molecule has 0 spiro atoms. The number of amides is 2. The number of carbonyl (C=O) groups is 3. The zero-order valence-electron chi connectivity index (χ0n) is 19.6. The van der Waals surface area contributed by atoms with Crippen LogP contribution in [-0.2, 0) is 14.3 Å². The second-order valence-corrected chi connectivity index (χ2v) is 9.11. The van der Waals surface area contributed by atoms with Gasteiger partial charge in [0.25, 0.3) is 0 Å². The Hall–Kier alpha value is -2.97. The monoisotopic (exact) mass is 478 g/mol. The first kappa shape index (κ1) is 25.6. The van der Waals surface area contributed by atoms with Crippen LogP contribution in [0.1, 0.15) is 70.4 Å². The second kappa shape index (κ2) is 11.4. The van der Waals surface area contributed by atoms with Gasteiger partial charge in [-0.25, -0.2) is 13.6 Å². The highest BCUT2D eigenvalue weighted by Gasteiger charge is 2.45. The number of piperazine rings is 1. The predicted molar refractivity (Wildman–Crippen MR) is 121 cm³/mol. The van der Waals surface area contributed by atoms with Gasteiger partial charge < -0.3 is 14.7 Å². The van der Waals surface area contributed by atoms with Crippen LogP contribution in [0.4, 0.5) is 13.6 Å². The number of hydrogen-bond donors (Lipinski definition) is 1. The molecule has 2 atom stereocenters. The molecule has 34 heavy (non-hydrogen) atoms. The van der Waals surface area contributed by atoms with Crippen LogP contribution in [-0.4, -0.2) is 52.0 Å². The fourth-order valence-electron chi connectivity index (χ4n) is 4.88. The van der Waals surface area contributed by atoms with Gasteiger partial charge in [-0.05, 0) is 50.0 Å². The fourth-order valence-corrected chi connectivity index (χ4v) is 4.88. The first-order valence-corrected chi connectivity index (χ1v) is 11.8. The number of ether oxygens (including phenoxy) is 1. The molecule has 0 aromatic heterocycles. The molecular weight excluding hydrogens is 446 g/mol. The summed E-state index contributed by atoms with van der Waals surface area (Å²) in [5, 5.41) is 9.47. The summed E-state index contributed by atoms with van der Waals surface area (Å²) in [6, 6.07) is 0.878. The Kier molecular flexibility index (Phi) is 8.63. The van der Waals surface area contributed by atoms with Crippen molar-refractivity contribution in [2.75, 3.05) is 13.1 Å². The Morgan fingerprint density at radius 2 is 1.74 bits per heavy atom. The molecule has 9 heteroatoms.